The van der Waals surface area contributed by atoms with Crippen LogP contribution in [0.25, 0.3) is 116 Å². The molecule has 9 aromatic heterocycles. The molecule has 0 N–H and O–H groups in total. The van der Waals surface area contributed by atoms with Gasteiger partial charge in [0, 0.05) is 166 Å². The average Bonchev–Trinajstić information content (AvgIpc) is 1.63. The Morgan fingerprint density at radius 1 is 0.276 bits per heavy atom. The molecule has 0 amide bonds. The van der Waals surface area contributed by atoms with E-state index in [0.29, 0.717) is 58.6 Å². The van der Waals surface area contributed by atoms with E-state index in [1.807, 2.05) is 121 Å². The van der Waals surface area contributed by atoms with E-state index in [2.05, 4.69) is 304 Å². The van der Waals surface area contributed by atoms with Gasteiger partial charge in [0.25, 0.3) is 0 Å². The third-order valence-electron chi connectivity index (χ3n) is 21.5. The van der Waals surface area contributed by atoms with Gasteiger partial charge in [-0.05, 0) is 136 Å². The van der Waals surface area contributed by atoms with Crippen molar-refractivity contribution in [2.24, 2.45) is 11.8 Å². The maximum absolute atomic E-state index is 5.41. The summed E-state index contributed by atoms with van der Waals surface area (Å²) in [5.41, 5.74) is 22.0. The molecule has 21 rings (SSSR count). The Bertz CT molecular complexity index is 6820. The summed E-state index contributed by atoms with van der Waals surface area (Å²) in [6, 6.07) is 122. The van der Waals surface area contributed by atoms with Gasteiger partial charge < -0.3 is 27.4 Å². The number of rotatable bonds is 15. The van der Waals surface area contributed by atoms with Gasteiger partial charge in [0.1, 0.15) is 0 Å². The first-order valence-corrected chi connectivity index (χ1v) is 42.3. The molecule has 12 nitrogen and oxygen atoms in total. The number of hydrogen-bond acceptors (Lipinski definition) is 9. The summed E-state index contributed by atoms with van der Waals surface area (Å²) in [5, 5.41) is 10.5. The fourth-order valence-electron chi connectivity index (χ4n) is 16.2. The van der Waals surface area contributed by atoms with Gasteiger partial charge in [-0.15, -0.1) is 125 Å². The van der Waals surface area contributed by atoms with Crippen molar-refractivity contribution in [1.82, 2.24) is 43.1 Å². The van der Waals surface area contributed by atoms with Gasteiger partial charge in [0.2, 0.25) is 17.6 Å². The maximum Gasteiger partial charge on any atom is 0.216 e. The molecule has 21 aromatic rings. The molecular formula is C112H95Ir3N9O3-6. The molecule has 0 saturated carbocycles. The third kappa shape index (κ3) is 20.9. The maximum atomic E-state index is 5.41. The van der Waals surface area contributed by atoms with Crippen LogP contribution in [0.3, 0.4) is 0 Å². The van der Waals surface area contributed by atoms with Crippen LogP contribution >= 0.6 is 0 Å². The van der Waals surface area contributed by atoms with Crippen LogP contribution in [0.15, 0.2) is 347 Å². The van der Waals surface area contributed by atoms with Gasteiger partial charge in [0.15, 0.2) is 0 Å². The quantitative estimate of drug-likeness (QED) is 0.0730. The van der Waals surface area contributed by atoms with E-state index in [1.54, 1.807) is 55.0 Å². The normalized spacial score (nSPS) is 10.9. The van der Waals surface area contributed by atoms with Crippen molar-refractivity contribution in [2.45, 2.75) is 93.9 Å². The van der Waals surface area contributed by atoms with Crippen LogP contribution in [0.2, 0.25) is 0 Å². The summed E-state index contributed by atoms with van der Waals surface area (Å²) >= 11 is 0. The van der Waals surface area contributed by atoms with E-state index in [9.17, 15) is 0 Å². The Kier molecular flexibility index (Phi) is 31.3. The molecule has 0 saturated heterocycles. The summed E-state index contributed by atoms with van der Waals surface area (Å²) in [7, 11) is 0. The number of para-hydroxylation sites is 6. The van der Waals surface area contributed by atoms with Crippen molar-refractivity contribution in [3.8, 4) is 68.7 Å². The van der Waals surface area contributed by atoms with Gasteiger partial charge in [-0.2, -0.15) is 54.6 Å². The Morgan fingerprint density at radius 3 is 0.898 bits per heavy atom. The van der Waals surface area contributed by atoms with Crippen molar-refractivity contribution in [1.29, 1.82) is 0 Å². The smallest absolute Gasteiger partial charge is 0.216 e. The van der Waals surface area contributed by atoms with Crippen molar-refractivity contribution in [3.63, 3.8) is 0 Å². The fourth-order valence-corrected chi connectivity index (χ4v) is 16.2. The minimum absolute atomic E-state index is 0. The molecule has 0 aliphatic heterocycles. The molecule has 0 spiro atoms. The Balaban J connectivity index is 0.000000134. The summed E-state index contributed by atoms with van der Waals surface area (Å²) in [5.74, 6) is 5.87. The molecule has 639 valence electrons. The number of imidazole rings is 3. The van der Waals surface area contributed by atoms with E-state index in [-0.39, 0.29) is 60.3 Å². The van der Waals surface area contributed by atoms with Crippen LogP contribution in [-0.2, 0) is 73.2 Å². The Morgan fingerprint density at radius 2 is 0.575 bits per heavy atom. The largest absolute Gasteiger partial charge is 0.466 e. The van der Waals surface area contributed by atoms with Crippen molar-refractivity contribution in [3.05, 3.63) is 416 Å². The molecule has 9 heterocycles. The summed E-state index contributed by atoms with van der Waals surface area (Å²) < 4.78 is 23.2. The number of aromatic nitrogens is 9. The van der Waals surface area contributed by atoms with E-state index >= 15 is 0 Å². The van der Waals surface area contributed by atoms with E-state index in [4.69, 9.17) is 29.2 Å². The van der Waals surface area contributed by atoms with Crippen LogP contribution in [0.5, 0.6) is 34.9 Å². The predicted molar refractivity (Wildman–Crippen MR) is 507 cm³/mol. The number of benzene rings is 12. The number of pyridine rings is 6. The SMILES string of the molecule is CC(C)Cc1cccc(CC(C)C)c1-c1cnc2c3[c-]cccc3c3ccccc3n12.CC(C)c1cccc(C(C)C)c1-c1cnc2c3[c-]cccc3c3ccccc3n12.Cc1cccc(C)c1-c1cnc2c3[c-]cccc3c3ccccc3n12.[Ir].[Ir].[Ir].[c-]1ccccc1Oc1ccccn1.[c-]1ccccc1Oc1ccccn1.[c-]1ccccc1Oc1ccccn1. The molecule has 0 fully saturated rings. The van der Waals surface area contributed by atoms with Gasteiger partial charge in [0.05, 0.1) is 34.0 Å². The van der Waals surface area contributed by atoms with Crippen molar-refractivity contribution < 1.29 is 74.5 Å². The zero-order valence-electron chi connectivity index (χ0n) is 72.4. The van der Waals surface area contributed by atoms with Crippen LogP contribution in [0, 0.1) is 62.1 Å². The van der Waals surface area contributed by atoms with E-state index < -0.39 is 0 Å². The fraction of sp³-hybridized carbons (Fsp3) is 0.143. The second-order valence-electron chi connectivity index (χ2n) is 31.9. The van der Waals surface area contributed by atoms with Gasteiger partial charge >= 0.3 is 0 Å². The first kappa shape index (κ1) is 91.8. The Labute approximate surface area is 783 Å². The topological polar surface area (TPSA) is 118 Å². The zero-order valence-corrected chi connectivity index (χ0v) is 79.6. The molecule has 127 heavy (non-hydrogen) atoms. The third-order valence-corrected chi connectivity index (χ3v) is 21.5. The summed E-state index contributed by atoms with van der Waals surface area (Å²) in [6.45, 7) is 22.6. The first-order valence-electron chi connectivity index (χ1n) is 42.3. The molecule has 15 heteroatoms. The van der Waals surface area contributed by atoms with Crippen LogP contribution in [0.4, 0.5) is 0 Å². The van der Waals surface area contributed by atoms with Gasteiger partial charge in [-0.3, -0.25) is 15.0 Å². The monoisotopic (exact) mass is 2190 g/mol. The second-order valence-corrected chi connectivity index (χ2v) is 31.9. The van der Waals surface area contributed by atoms with Crippen molar-refractivity contribution >= 4 is 82.0 Å². The number of hydrogen-bond donors (Lipinski definition) is 0. The minimum Gasteiger partial charge on any atom is -0.466 e. The predicted octanol–water partition coefficient (Wildman–Crippen LogP) is 28.6. The minimum atomic E-state index is 0. The van der Waals surface area contributed by atoms with Gasteiger partial charge in [-0.25, -0.2) is 15.0 Å². The average molecular weight is 2190 g/mol. The molecule has 0 bridgehead atoms. The number of fused-ring (bicyclic) bond motifs is 18. The van der Waals surface area contributed by atoms with Crippen LogP contribution in [0.1, 0.15) is 101 Å². The molecule has 3 radical (unpaired) electrons. The first-order chi connectivity index (χ1) is 60.7. The van der Waals surface area contributed by atoms with E-state index in [1.165, 1.54) is 110 Å². The molecular weight excluding hydrogens is 2100 g/mol. The Hall–Kier alpha value is -12.9. The standard InChI is InChI=1S/C29H29N2.C27H25N2.C23H17N2.3C11H8NO.3Ir/c1-19(2)16-21-10-9-11-22(17-20(3)4)28(21)27-18-30-29-25-14-6-5-12-23(25)24-13-7-8-15-26(24)31(27)29;1-17(2)19-13-9-14-20(18(3)4)26(19)25-16-28-27-23-12-6-5-10-21(23)22-11-7-8-15-24(22)29(25)27;1-15-8-7-9-16(2)22(15)21-14-24-23-19-12-4-3-10-17(19)18-11-5-6-13-20(18)25(21)23;3*1-2-6-10(7-3-1)13-11-8-4-5-9-12-11;;;/h5-13,15,18-20H,16-17H2,1-4H3;5-11,13-18H,1-4H3;3-11,13-14H,1-2H3;3*1-6,8-9H;;;/q6*-1;;;. The van der Waals surface area contributed by atoms with Crippen molar-refractivity contribution in [2.75, 3.05) is 0 Å². The molecule has 0 aliphatic carbocycles. The summed E-state index contributed by atoms with van der Waals surface area (Å²) in [4.78, 5) is 26.7. The van der Waals surface area contributed by atoms with E-state index in [0.717, 1.165) is 51.6 Å². The van der Waals surface area contributed by atoms with Crippen LogP contribution < -0.4 is 14.2 Å². The second kappa shape index (κ2) is 43.3. The molecule has 0 atom stereocenters. The molecule has 12 aromatic carbocycles. The van der Waals surface area contributed by atoms with Crippen LogP contribution in [-0.4, -0.2) is 43.1 Å². The summed E-state index contributed by atoms with van der Waals surface area (Å²) in [6.07, 6.45) is 13.3. The zero-order chi connectivity index (χ0) is 85.4. The number of nitrogens with zero attached hydrogens (tertiary/aromatic N) is 9. The molecule has 0 aliphatic rings. The number of ether oxygens (including phenoxy) is 3. The molecule has 0 unspecified atom stereocenters. The van der Waals surface area contributed by atoms with Gasteiger partial charge in [-0.1, -0.05) is 199 Å². The number of aryl methyl sites for hydroxylation is 2.